The van der Waals surface area contributed by atoms with Crippen LogP contribution >= 0.6 is 0 Å². The fourth-order valence-corrected chi connectivity index (χ4v) is 3.90. The molecule has 2 aromatic carbocycles. The third kappa shape index (κ3) is 5.20. The third-order valence-electron chi connectivity index (χ3n) is 5.07. The summed E-state index contributed by atoms with van der Waals surface area (Å²) in [5, 5.41) is 3.04. The van der Waals surface area contributed by atoms with Crippen LogP contribution in [0.5, 0.6) is 11.5 Å². The summed E-state index contributed by atoms with van der Waals surface area (Å²) in [5.74, 6) is 1.12. The number of amides is 1. The Hall–Kier alpha value is -2.74. The monoisotopic (exact) mass is 418 g/mol. The highest BCUT2D eigenvalue weighted by Crippen LogP contribution is 2.32. The van der Waals surface area contributed by atoms with Gasteiger partial charge in [-0.3, -0.25) is 9.10 Å². The third-order valence-corrected chi connectivity index (χ3v) is 6.27. The highest BCUT2D eigenvalue weighted by atomic mass is 32.2. The number of rotatable bonds is 7. The molecule has 1 N–H and O–H groups in total. The normalized spacial score (nSPS) is 15.9. The van der Waals surface area contributed by atoms with Crippen LogP contribution in [0.1, 0.15) is 30.0 Å². The molecule has 0 fully saturated rings. The first kappa shape index (κ1) is 21.0. The van der Waals surface area contributed by atoms with Gasteiger partial charge in [0.1, 0.15) is 11.5 Å². The van der Waals surface area contributed by atoms with Crippen molar-refractivity contribution in [3.63, 3.8) is 0 Å². The lowest BCUT2D eigenvalue weighted by Crippen LogP contribution is -2.34. The topological polar surface area (TPSA) is 84.9 Å². The summed E-state index contributed by atoms with van der Waals surface area (Å²) < 4.78 is 35.2. The summed E-state index contributed by atoms with van der Waals surface area (Å²) in [5.41, 5.74) is 2.85. The fourth-order valence-electron chi connectivity index (χ4n) is 3.40. The second-order valence-corrected chi connectivity index (χ2v) is 9.10. The Morgan fingerprint density at radius 2 is 1.86 bits per heavy atom. The number of nitrogens with zero attached hydrogens (tertiary/aromatic N) is 1. The van der Waals surface area contributed by atoms with E-state index in [0.717, 1.165) is 36.8 Å². The Balaban J connectivity index is 1.57. The molecule has 3 rings (SSSR count). The average molecular weight is 419 g/mol. The summed E-state index contributed by atoms with van der Waals surface area (Å²) >= 11 is 0. The molecular weight excluding hydrogens is 392 g/mol. The molecule has 0 aromatic heterocycles. The number of nitrogens with one attached hydrogen (secondary N) is 1. The number of fused-ring (bicyclic) bond motifs is 1. The second kappa shape index (κ2) is 8.73. The number of hydrogen-bond acceptors (Lipinski definition) is 5. The van der Waals surface area contributed by atoms with Gasteiger partial charge in [0, 0.05) is 7.05 Å². The Labute approximate surface area is 171 Å². The van der Waals surface area contributed by atoms with Crippen LogP contribution in [0.4, 0.5) is 5.69 Å². The van der Waals surface area contributed by atoms with Crippen molar-refractivity contribution < 1.29 is 22.7 Å². The van der Waals surface area contributed by atoms with Crippen LogP contribution in [0, 0.1) is 0 Å². The molecule has 0 bridgehead atoms. The first-order valence-electron chi connectivity index (χ1n) is 9.41. The molecule has 29 heavy (non-hydrogen) atoms. The molecule has 1 aliphatic rings. The standard InChI is InChI=1S/C21H26N2O5S/c1-23(29(3,25)26)16-7-9-17(10-8-16)28-14-21(24)22-20-6-4-5-15-13-18(27-2)11-12-19(15)20/h7-13,20H,4-6,14H2,1-3H3,(H,22,24). The fraction of sp³-hybridized carbons (Fsp3) is 0.381. The minimum Gasteiger partial charge on any atom is -0.497 e. The molecule has 1 aliphatic carbocycles. The SMILES string of the molecule is COc1ccc2c(c1)CCCC2NC(=O)COc1ccc(N(C)S(C)(=O)=O)cc1. The number of aryl methyl sites for hydroxylation is 1. The van der Waals surface area contributed by atoms with Crippen LogP contribution < -0.4 is 19.1 Å². The van der Waals surface area contributed by atoms with Gasteiger partial charge < -0.3 is 14.8 Å². The van der Waals surface area contributed by atoms with E-state index < -0.39 is 10.0 Å². The Bertz CT molecular complexity index is 973. The summed E-state index contributed by atoms with van der Waals surface area (Å²) in [6.45, 7) is -0.108. The number of ether oxygens (including phenoxy) is 2. The largest absolute Gasteiger partial charge is 0.497 e. The zero-order valence-corrected chi connectivity index (χ0v) is 17.7. The first-order chi connectivity index (χ1) is 13.8. The Kier molecular flexibility index (Phi) is 6.32. The van der Waals surface area contributed by atoms with Crippen molar-refractivity contribution in [3.05, 3.63) is 53.6 Å². The van der Waals surface area contributed by atoms with Crippen molar-refractivity contribution in [2.75, 3.05) is 31.3 Å². The van der Waals surface area contributed by atoms with Gasteiger partial charge in [0.05, 0.1) is 25.1 Å². The molecule has 7 nitrogen and oxygen atoms in total. The predicted octanol–water partition coefficient (Wildman–Crippen LogP) is 2.66. The molecule has 1 amide bonds. The van der Waals surface area contributed by atoms with Crippen LogP contribution in [-0.2, 0) is 21.2 Å². The number of carbonyl (C=O) groups is 1. The molecule has 8 heteroatoms. The number of sulfonamides is 1. The van der Waals surface area contributed by atoms with Crippen molar-refractivity contribution >= 4 is 21.6 Å². The lowest BCUT2D eigenvalue weighted by atomic mass is 9.87. The van der Waals surface area contributed by atoms with E-state index >= 15 is 0 Å². The van der Waals surface area contributed by atoms with E-state index in [0.29, 0.717) is 11.4 Å². The highest BCUT2D eigenvalue weighted by molar-refractivity contribution is 7.92. The van der Waals surface area contributed by atoms with E-state index in [-0.39, 0.29) is 18.6 Å². The molecule has 156 valence electrons. The van der Waals surface area contributed by atoms with E-state index in [1.165, 1.54) is 16.9 Å². The molecular formula is C21H26N2O5S. The van der Waals surface area contributed by atoms with Gasteiger partial charge in [0.2, 0.25) is 10.0 Å². The van der Waals surface area contributed by atoms with Gasteiger partial charge in [-0.2, -0.15) is 0 Å². The van der Waals surface area contributed by atoms with Crippen LogP contribution in [0.2, 0.25) is 0 Å². The molecule has 0 heterocycles. The first-order valence-corrected chi connectivity index (χ1v) is 11.3. The number of carbonyl (C=O) groups excluding carboxylic acids is 1. The minimum atomic E-state index is -3.32. The predicted molar refractivity (Wildman–Crippen MR) is 112 cm³/mol. The van der Waals surface area contributed by atoms with Gasteiger partial charge in [-0.1, -0.05) is 6.07 Å². The van der Waals surface area contributed by atoms with E-state index in [4.69, 9.17) is 9.47 Å². The zero-order valence-electron chi connectivity index (χ0n) is 16.8. The molecule has 0 aliphatic heterocycles. The maximum Gasteiger partial charge on any atom is 0.258 e. The minimum absolute atomic E-state index is 0.0356. The van der Waals surface area contributed by atoms with Crippen LogP contribution in [0.15, 0.2) is 42.5 Å². The quantitative estimate of drug-likeness (QED) is 0.747. The summed E-state index contributed by atoms with van der Waals surface area (Å²) in [6, 6.07) is 12.5. The lowest BCUT2D eigenvalue weighted by Gasteiger charge is -2.26. The van der Waals surface area contributed by atoms with Gasteiger partial charge in [0.25, 0.3) is 5.91 Å². The van der Waals surface area contributed by atoms with Crippen molar-refractivity contribution in [2.45, 2.75) is 25.3 Å². The zero-order chi connectivity index (χ0) is 21.0. The van der Waals surface area contributed by atoms with E-state index in [2.05, 4.69) is 5.32 Å². The second-order valence-electron chi connectivity index (χ2n) is 7.09. The summed E-state index contributed by atoms with van der Waals surface area (Å²) in [7, 11) is -0.191. The molecule has 1 unspecified atom stereocenters. The molecule has 1 atom stereocenters. The lowest BCUT2D eigenvalue weighted by molar-refractivity contribution is -0.123. The van der Waals surface area contributed by atoms with Crippen molar-refractivity contribution in [1.29, 1.82) is 0 Å². The Morgan fingerprint density at radius 1 is 1.17 bits per heavy atom. The van der Waals surface area contributed by atoms with Gasteiger partial charge in [-0.25, -0.2) is 8.42 Å². The van der Waals surface area contributed by atoms with Crippen molar-refractivity contribution in [1.82, 2.24) is 5.32 Å². The van der Waals surface area contributed by atoms with Gasteiger partial charge in [-0.05, 0) is 66.8 Å². The van der Waals surface area contributed by atoms with E-state index in [1.54, 1.807) is 31.4 Å². The summed E-state index contributed by atoms with van der Waals surface area (Å²) in [4.78, 5) is 12.4. The van der Waals surface area contributed by atoms with Gasteiger partial charge in [0.15, 0.2) is 6.61 Å². The van der Waals surface area contributed by atoms with Crippen LogP contribution in [0.3, 0.4) is 0 Å². The molecule has 0 radical (unpaired) electrons. The molecule has 2 aromatic rings. The van der Waals surface area contributed by atoms with Gasteiger partial charge >= 0.3 is 0 Å². The number of anilines is 1. The number of benzene rings is 2. The van der Waals surface area contributed by atoms with Gasteiger partial charge in [-0.15, -0.1) is 0 Å². The van der Waals surface area contributed by atoms with Crippen LogP contribution in [0.25, 0.3) is 0 Å². The molecule has 0 saturated carbocycles. The smallest absolute Gasteiger partial charge is 0.258 e. The van der Waals surface area contributed by atoms with E-state index in [9.17, 15) is 13.2 Å². The Morgan fingerprint density at radius 3 is 2.52 bits per heavy atom. The summed E-state index contributed by atoms with van der Waals surface area (Å²) in [6.07, 6.45) is 4.00. The number of hydrogen-bond donors (Lipinski definition) is 1. The maximum atomic E-state index is 12.4. The van der Waals surface area contributed by atoms with E-state index in [1.807, 2.05) is 18.2 Å². The molecule has 0 saturated heterocycles. The maximum absolute atomic E-state index is 12.4. The molecule has 0 spiro atoms. The van der Waals surface area contributed by atoms with Crippen molar-refractivity contribution in [3.8, 4) is 11.5 Å². The highest BCUT2D eigenvalue weighted by Gasteiger charge is 2.22. The van der Waals surface area contributed by atoms with Crippen molar-refractivity contribution in [2.24, 2.45) is 0 Å². The van der Waals surface area contributed by atoms with Crippen LogP contribution in [-0.4, -0.2) is 41.3 Å². The number of methoxy groups -OCH3 is 1. The average Bonchev–Trinajstić information content (AvgIpc) is 2.71.